The first-order valence-electron chi connectivity index (χ1n) is 6.65. The van der Waals surface area contributed by atoms with E-state index in [1.54, 1.807) is 4.90 Å². The third-order valence-electron chi connectivity index (χ3n) is 3.83. The normalized spacial score (nSPS) is 23.5. The molecule has 3 N–H and O–H groups in total. The number of nitrogens with zero attached hydrogens (tertiary/aromatic N) is 3. The number of nitrogens with one attached hydrogen (secondary N) is 1. The number of amides is 2. The van der Waals surface area contributed by atoms with E-state index >= 15 is 0 Å². The van der Waals surface area contributed by atoms with Crippen LogP contribution in [0.1, 0.15) is 19.3 Å². The molecule has 0 aromatic heterocycles. The molecule has 6 nitrogen and oxygen atoms in total. The maximum atomic E-state index is 12.3. The lowest BCUT2D eigenvalue weighted by molar-refractivity contribution is 0.0881. The van der Waals surface area contributed by atoms with Crippen molar-refractivity contribution in [2.75, 3.05) is 39.8 Å². The molecule has 2 fully saturated rings. The smallest absolute Gasteiger partial charge is 0.320 e. The Kier molecular flexibility index (Phi) is 4.06. The zero-order valence-corrected chi connectivity index (χ0v) is 11.1. The van der Waals surface area contributed by atoms with Crippen molar-refractivity contribution in [3.8, 4) is 0 Å². The van der Waals surface area contributed by atoms with Crippen molar-refractivity contribution < 1.29 is 4.79 Å². The Labute approximate surface area is 108 Å². The van der Waals surface area contributed by atoms with E-state index in [0.717, 1.165) is 45.4 Å². The highest BCUT2D eigenvalue weighted by molar-refractivity contribution is 5.85. The molecule has 2 amide bonds. The molecule has 0 atom stereocenters. The minimum Gasteiger partial charge on any atom is -0.386 e. The lowest BCUT2D eigenvalue weighted by Gasteiger charge is -2.42. The summed E-state index contributed by atoms with van der Waals surface area (Å²) in [6.45, 7) is 3.95. The van der Waals surface area contributed by atoms with Gasteiger partial charge in [-0.15, -0.1) is 0 Å². The summed E-state index contributed by atoms with van der Waals surface area (Å²) >= 11 is 0. The van der Waals surface area contributed by atoms with Crippen LogP contribution in [0.15, 0.2) is 0 Å². The Bertz CT molecular complexity index is 324. The summed E-state index contributed by atoms with van der Waals surface area (Å²) in [6.07, 6.45) is 3.08. The van der Waals surface area contributed by atoms with Crippen LogP contribution in [-0.4, -0.2) is 72.4 Å². The van der Waals surface area contributed by atoms with Crippen molar-refractivity contribution in [2.24, 2.45) is 5.73 Å². The number of hydrogen-bond donors (Lipinski definition) is 2. The van der Waals surface area contributed by atoms with E-state index in [4.69, 9.17) is 11.1 Å². The quantitative estimate of drug-likeness (QED) is 0.555. The highest BCUT2D eigenvalue weighted by Crippen LogP contribution is 2.20. The summed E-state index contributed by atoms with van der Waals surface area (Å²) in [5, 5.41) is 7.32. The molecule has 2 heterocycles. The fraction of sp³-hybridized carbons (Fsp3) is 0.833. The van der Waals surface area contributed by atoms with Gasteiger partial charge in [-0.05, 0) is 39.4 Å². The predicted octanol–water partition coefficient (Wildman–Crippen LogP) is 0.144. The molecule has 0 spiro atoms. The van der Waals surface area contributed by atoms with Gasteiger partial charge in [-0.25, -0.2) is 4.79 Å². The molecule has 0 bridgehead atoms. The first-order chi connectivity index (χ1) is 8.58. The Morgan fingerprint density at radius 2 is 2.00 bits per heavy atom. The van der Waals surface area contributed by atoms with Gasteiger partial charge in [-0.2, -0.15) is 0 Å². The fourth-order valence-corrected chi connectivity index (χ4v) is 2.80. The molecule has 0 saturated carbocycles. The maximum Gasteiger partial charge on any atom is 0.320 e. The number of likely N-dealkylation sites (tertiary alicyclic amines) is 1. The second kappa shape index (κ2) is 5.56. The van der Waals surface area contributed by atoms with Crippen LogP contribution < -0.4 is 5.73 Å². The van der Waals surface area contributed by atoms with Crippen LogP contribution in [0.3, 0.4) is 0 Å². The van der Waals surface area contributed by atoms with Crippen LogP contribution >= 0.6 is 0 Å². The zero-order valence-electron chi connectivity index (χ0n) is 11.1. The van der Waals surface area contributed by atoms with Gasteiger partial charge in [0.15, 0.2) is 0 Å². The number of carbonyl (C=O) groups excluding carboxylic acids is 1. The van der Waals surface area contributed by atoms with Gasteiger partial charge in [0.1, 0.15) is 5.84 Å². The average Bonchev–Trinajstić information content (AvgIpc) is 2.33. The summed E-state index contributed by atoms with van der Waals surface area (Å²) in [7, 11) is 2.12. The molecule has 0 aromatic rings. The average molecular weight is 253 g/mol. The van der Waals surface area contributed by atoms with Gasteiger partial charge < -0.3 is 20.4 Å². The number of urea groups is 1. The van der Waals surface area contributed by atoms with Crippen LogP contribution in [0.5, 0.6) is 0 Å². The minimum atomic E-state index is 0.0611. The van der Waals surface area contributed by atoms with E-state index in [0.29, 0.717) is 6.04 Å². The lowest BCUT2D eigenvalue weighted by atomic mass is 10.0. The van der Waals surface area contributed by atoms with E-state index < -0.39 is 0 Å². The third-order valence-corrected chi connectivity index (χ3v) is 3.83. The number of nitrogens with two attached hydrogens (primary N) is 1. The third kappa shape index (κ3) is 2.93. The number of amidine groups is 1. The Balaban J connectivity index is 1.95. The van der Waals surface area contributed by atoms with Crippen molar-refractivity contribution >= 4 is 11.9 Å². The van der Waals surface area contributed by atoms with Gasteiger partial charge in [0.2, 0.25) is 0 Å². The van der Waals surface area contributed by atoms with E-state index in [2.05, 4.69) is 11.9 Å². The first kappa shape index (κ1) is 13.1. The van der Waals surface area contributed by atoms with E-state index in [1.165, 1.54) is 0 Å². The largest absolute Gasteiger partial charge is 0.386 e. The molecule has 2 rings (SSSR count). The lowest BCUT2D eigenvalue weighted by Crippen LogP contribution is -2.56. The molecule has 6 heteroatoms. The maximum absolute atomic E-state index is 12.3. The van der Waals surface area contributed by atoms with Crippen LogP contribution in [0.25, 0.3) is 0 Å². The molecule has 0 unspecified atom stereocenters. The number of carbonyl (C=O) groups is 1. The number of rotatable bonds is 3. The Morgan fingerprint density at radius 3 is 2.61 bits per heavy atom. The second-order valence-corrected chi connectivity index (χ2v) is 5.31. The summed E-state index contributed by atoms with van der Waals surface area (Å²) in [5.74, 6) is 0.0635. The summed E-state index contributed by atoms with van der Waals surface area (Å²) in [5.41, 5.74) is 5.39. The molecule has 0 radical (unpaired) electrons. The highest BCUT2D eigenvalue weighted by Gasteiger charge is 2.32. The predicted molar refractivity (Wildman–Crippen MR) is 70.7 cm³/mol. The zero-order chi connectivity index (χ0) is 13.1. The van der Waals surface area contributed by atoms with Crippen molar-refractivity contribution in [2.45, 2.75) is 25.3 Å². The highest BCUT2D eigenvalue weighted by atomic mass is 16.2. The molecule has 2 aliphatic heterocycles. The second-order valence-electron chi connectivity index (χ2n) is 5.31. The van der Waals surface area contributed by atoms with Crippen LogP contribution in [0.4, 0.5) is 4.79 Å². The summed E-state index contributed by atoms with van der Waals surface area (Å²) < 4.78 is 0. The van der Waals surface area contributed by atoms with E-state index in [9.17, 15) is 4.79 Å². The summed E-state index contributed by atoms with van der Waals surface area (Å²) in [6, 6.07) is 0.425. The van der Waals surface area contributed by atoms with Gasteiger partial charge in [0, 0.05) is 19.1 Å². The van der Waals surface area contributed by atoms with E-state index in [-0.39, 0.29) is 18.4 Å². The van der Waals surface area contributed by atoms with Crippen molar-refractivity contribution in [1.82, 2.24) is 14.7 Å². The molecule has 18 heavy (non-hydrogen) atoms. The SMILES string of the molecule is CN1CCC(N2CCCN(CC(=N)N)C2=O)CC1. The molecular weight excluding hydrogens is 230 g/mol. The van der Waals surface area contributed by atoms with E-state index in [1.807, 2.05) is 4.90 Å². The molecular formula is C12H23N5O. The van der Waals surface area contributed by atoms with Crippen LogP contribution in [0.2, 0.25) is 0 Å². The van der Waals surface area contributed by atoms with Gasteiger partial charge in [0.25, 0.3) is 0 Å². The Morgan fingerprint density at radius 1 is 1.33 bits per heavy atom. The molecule has 102 valence electrons. The van der Waals surface area contributed by atoms with Gasteiger partial charge in [-0.1, -0.05) is 0 Å². The number of piperidine rings is 1. The van der Waals surface area contributed by atoms with Gasteiger partial charge in [0.05, 0.1) is 6.54 Å². The minimum absolute atomic E-state index is 0.0611. The molecule has 2 saturated heterocycles. The fourth-order valence-electron chi connectivity index (χ4n) is 2.80. The molecule has 0 aliphatic carbocycles. The van der Waals surface area contributed by atoms with Gasteiger partial charge in [-0.3, -0.25) is 5.41 Å². The van der Waals surface area contributed by atoms with Crippen molar-refractivity contribution in [1.29, 1.82) is 5.41 Å². The van der Waals surface area contributed by atoms with Gasteiger partial charge >= 0.3 is 6.03 Å². The Hall–Kier alpha value is -1.30. The first-order valence-corrected chi connectivity index (χ1v) is 6.65. The van der Waals surface area contributed by atoms with Crippen molar-refractivity contribution in [3.05, 3.63) is 0 Å². The monoisotopic (exact) mass is 253 g/mol. The van der Waals surface area contributed by atoms with Crippen LogP contribution in [-0.2, 0) is 0 Å². The number of hydrogen-bond acceptors (Lipinski definition) is 3. The molecule has 2 aliphatic rings. The van der Waals surface area contributed by atoms with Crippen molar-refractivity contribution in [3.63, 3.8) is 0 Å². The van der Waals surface area contributed by atoms with Crippen LogP contribution in [0, 0.1) is 5.41 Å². The summed E-state index contributed by atoms with van der Waals surface area (Å²) in [4.78, 5) is 18.3. The topological polar surface area (TPSA) is 76.7 Å². The standard InChI is InChI=1S/C12H23N5O/c1-15-7-3-10(4-8-15)17-6-2-5-16(12(17)18)9-11(13)14/h10H,2-9H2,1H3,(H3,13,14). The molecule has 0 aromatic carbocycles.